The number of imide groups is 1. The average molecular weight is 603 g/mol. The highest BCUT2D eigenvalue weighted by atomic mass is 79.9. The van der Waals surface area contributed by atoms with Crippen LogP contribution in [0.15, 0.2) is 88.2 Å². The van der Waals surface area contributed by atoms with Gasteiger partial charge in [-0.3, -0.25) is 14.5 Å². The van der Waals surface area contributed by atoms with Crippen molar-refractivity contribution in [1.29, 1.82) is 0 Å². The minimum Gasteiger partial charge on any atom is -0.490 e. The smallest absolute Gasteiger partial charge is 0.344 e. The van der Waals surface area contributed by atoms with Crippen LogP contribution in [0.1, 0.15) is 34.0 Å². The van der Waals surface area contributed by atoms with Crippen LogP contribution < -0.4 is 9.47 Å². The van der Waals surface area contributed by atoms with Crippen molar-refractivity contribution < 1.29 is 23.9 Å². The summed E-state index contributed by atoms with van der Waals surface area (Å²) < 4.78 is 12.1. The molecule has 2 amide bonds. The first-order valence-electron chi connectivity index (χ1n) is 12.3. The molecule has 1 aliphatic rings. The maximum Gasteiger partial charge on any atom is 0.344 e. The van der Waals surface area contributed by atoms with Crippen LogP contribution in [-0.4, -0.2) is 28.6 Å². The van der Waals surface area contributed by atoms with Crippen LogP contribution in [0.4, 0.5) is 4.79 Å². The number of carbonyl (C=O) groups excluding carboxylic acids is 3. The number of aryl methyl sites for hydroxylation is 1. The van der Waals surface area contributed by atoms with Crippen molar-refractivity contribution in [1.82, 2.24) is 4.90 Å². The minimum absolute atomic E-state index is 0.209. The van der Waals surface area contributed by atoms with Crippen LogP contribution in [0, 0.1) is 6.92 Å². The Bertz CT molecular complexity index is 1640. The Kier molecular flexibility index (Phi) is 7.86. The lowest BCUT2D eigenvalue weighted by Gasteiger charge is -2.14. The van der Waals surface area contributed by atoms with Crippen molar-refractivity contribution in [2.75, 3.05) is 6.61 Å². The van der Waals surface area contributed by atoms with Gasteiger partial charge in [0.2, 0.25) is 0 Å². The number of ether oxygens (including phenoxy) is 2. The molecule has 4 aromatic carbocycles. The number of esters is 1. The van der Waals surface area contributed by atoms with Gasteiger partial charge < -0.3 is 9.47 Å². The summed E-state index contributed by atoms with van der Waals surface area (Å²) in [6.45, 7) is 4.34. The number of rotatable bonds is 7. The number of amides is 2. The molecule has 1 fully saturated rings. The van der Waals surface area contributed by atoms with E-state index in [1.165, 1.54) is 4.90 Å². The van der Waals surface area contributed by atoms with Gasteiger partial charge in [0.15, 0.2) is 11.5 Å². The zero-order valence-electron chi connectivity index (χ0n) is 21.3. The van der Waals surface area contributed by atoms with E-state index in [1.54, 1.807) is 24.3 Å². The van der Waals surface area contributed by atoms with Crippen LogP contribution >= 0.6 is 27.7 Å². The van der Waals surface area contributed by atoms with Crippen molar-refractivity contribution in [3.63, 3.8) is 0 Å². The van der Waals surface area contributed by atoms with Crippen molar-refractivity contribution >= 4 is 61.7 Å². The summed E-state index contributed by atoms with van der Waals surface area (Å²) in [5, 5.41) is 1.40. The number of hydrogen-bond donors (Lipinski definition) is 0. The van der Waals surface area contributed by atoms with E-state index in [0.29, 0.717) is 32.9 Å². The molecule has 0 aliphatic carbocycles. The van der Waals surface area contributed by atoms with Crippen LogP contribution in [0.2, 0.25) is 0 Å². The summed E-state index contributed by atoms with van der Waals surface area (Å²) >= 11 is 4.40. The van der Waals surface area contributed by atoms with Crippen molar-refractivity contribution in [3.05, 3.63) is 110 Å². The normalized spacial score (nSPS) is 14.3. The Morgan fingerprint density at radius 1 is 1.00 bits per heavy atom. The number of nitrogens with zero attached hydrogens (tertiary/aromatic N) is 1. The quantitative estimate of drug-likeness (QED) is 0.122. The van der Waals surface area contributed by atoms with Gasteiger partial charge in [0.25, 0.3) is 11.1 Å². The highest BCUT2D eigenvalue weighted by molar-refractivity contribution is 9.10. The van der Waals surface area contributed by atoms with E-state index in [1.807, 2.05) is 74.5 Å². The first kappa shape index (κ1) is 26.7. The van der Waals surface area contributed by atoms with Gasteiger partial charge in [-0.2, -0.15) is 0 Å². The molecule has 0 saturated carbocycles. The molecule has 0 aromatic heterocycles. The molecule has 8 heteroatoms. The number of halogens is 1. The number of hydrogen-bond acceptors (Lipinski definition) is 6. The van der Waals surface area contributed by atoms with Gasteiger partial charge in [0.05, 0.1) is 28.1 Å². The van der Waals surface area contributed by atoms with Crippen molar-refractivity contribution in [2.45, 2.75) is 20.4 Å². The molecule has 1 aliphatic heterocycles. The van der Waals surface area contributed by atoms with Gasteiger partial charge in [-0.05, 0) is 87.7 Å². The minimum atomic E-state index is -0.515. The predicted octanol–water partition coefficient (Wildman–Crippen LogP) is 7.77. The molecular weight excluding hydrogens is 578 g/mol. The number of benzene rings is 4. The van der Waals surface area contributed by atoms with E-state index >= 15 is 0 Å². The van der Waals surface area contributed by atoms with E-state index in [4.69, 9.17) is 9.47 Å². The molecule has 39 heavy (non-hydrogen) atoms. The van der Waals surface area contributed by atoms with E-state index < -0.39 is 5.97 Å². The topological polar surface area (TPSA) is 72.9 Å². The summed E-state index contributed by atoms with van der Waals surface area (Å²) in [6, 6.07) is 24.2. The lowest BCUT2D eigenvalue weighted by atomic mass is 10.0. The Morgan fingerprint density at radius 2 is 1.77 bits per heavy atom. The molecule has 4 aromatic rings. The Morgan fingerprint density at radius 3 is 2.56 bits per heavy atom. The first-order valence-corrected chi connectivity index (χ1v) is 13.9. The lowest BCUT2D eigenvalue weighted by Crippen LogP contribution is -2.27. The molecule has 0 spiro atoms. The van der Waals surface area contributed by atoms with Gasteiger partial charge in [-0.15, -0.1) is 0 Å². The van der Waals surface area contributed by atoms with Gasteiger partial charge >= 0.3 is 5.97 Å². The fourth-order valence-corrected chi connectivity index (χ4v) is 5.74. The largest absolute Gasteiger partial charge is 0.490 e. The standard InChI is InChI=1S/C31H24BrNO5S/c1-3-37-26-16-21(17-27-29(34)33(31(36)39-27)18-20-9-6-8-19(2)14-20)15-25(32)28(26)38-30(35)24-13-7-11-22-10-4-5-12-23(22)24/h4-17H,3,18H2,1-2H3/b27-17-. The molecule has 0 N–H and O–H groups in total. The Labute approximate surface area is 238 Å². The summed E-state index contributed by atoms with van der Waals surface area (Å²) in [6.07, 6.45) is 1.64. The molecule has 0 atom stereocenters. The third-order valence-corrected chi connectivity index (χ3v) is 7.63. The van der Waals surface area contributed by atoms with Crippen molar-refractivity contribution in [3.8, 4) is 11.5 Å². The second-order valence-electron chi connectivity index (χ2n) is 8.94. The first-order chi connectivity index (χ1) is 18.8. The number of carbonyl (C=O) groups is 3. The molecule has 0 unspecified atom stereocenters. The zero-order chi connectivity index (χ0) is 27.5. The van der Waals surface area contributed by atoms with Gasteiger partial charge in [0, 0.05) is 0 Å². The molecule has 196 valence electrons. The third-order valence-electron chi connectivity index (χ3n) is 6.13. The van der Waals surface area contributed by atoms with E-state index in [-0.39, 0.29) is 23.4 Å². The van der Waals surface area contributed by atoms with Crippen LogP contribution in [0.3, 0.4) is 0 Å². The second-order valence-corrected chi connectivity index (χ2v) is 10.8. The third kappa shape index (κ3) is 5.77. The van der Waals surface area contributed by atoms with Crippen molar-refractivity contribution in [2.24, 2.45) is 0 Å². The van der Waals surface area contributed by atoms with Gasteiger partial charge in [0.1, 0.15) is 0 Å². The second kappa shape index (κ2) is 11.5. The summed E-state index contributed by atoms with van der Waals surface area (Å²) in [4.78, 5) is 40.5. The van der Waals surface area contributed by atoms with E-state index in [9.17, 15) is 14.4 Å². The highest BCUT2D eigenvalue weighted by Gasteiger charge is 2.35. The Balaban J connectivity index is 1.42. The summed E-state index contributed by atoms with van der Waals surface area (Å²) in [7, 11) is 0. The molecular formula is C31H24BrNO5S. The fourth-order valence-electron chi connectivity index (χ4n) is 4.37. The van der Waals surface area contributed by atoms with Crippen LogP contribution in [0.25, 0.3) is 16.8 Å². The predicted molar refractivity (Wildman–Crippen MR) is 157 cm³/mol. The van der Waals surface area contributed by atoms with E-state index in [0.717, 1.165) is 33.7 Å². The number of thioether (sulfide) groups is 1. The van der Waals surface area contributed by atoms with Gasteiger partial charge in [-0.25, -0.2) is 4.79 Å². The maximum atomic E-state index is 13.2. The van der Waals surface area contributed by atoms with Crippen LogP contribution in [-0.2, 0) is 11.3 Å². The molecule has 1 heterocycles. The zero-order valence-corrected chi connectivity index (χ0v) is 23.7. The highest BCUT2D eigenvalue weighted by Crippen LogP contribution is 2.40. The van der Waals surface area contributed by atoms with E-state index in [2.05, 4.69) is 15.9 Å². The monoisotopic (exact) mass is 601 g/mol. The molecule has 5 rings (SSSR count). The van der Waals surface area contributed by atoms with Gasteiger partial charge in [-0.1, -0.05) is 66.2 Å². The average Bonchev–Trinajstić information content (AvgIpc) is 3.17. The SMILES string of the molecule is CCOc1cc(/C=C2\SC(=O)N(Cc3cccc(C)c3)C2=O)cc(Br)c1OC(=O)c1cccc2ccccc12. The molecule has 0 radical (unpaired) electrons. The molecule has 6 nitrogen and oxygen atoms in total. The number of fused-ring (bicyclic) bond motifs is 1. The fraction of sp³-hybridized carbons (Fsp3) is 0.129. The Hall–Kier alpha value is -3.88. The summed E-state index contributed by atoms with van der Waals surface area (Å²) in [5.74, 6) is -0.296. The van der Waals surface area contributed by atoms with Crippen LogP contribution in [0.5, 0.6) is 11.5 Å². The summed E-state index contributed by atoms with van der Waals surface area (Å²) in [5.41, 5.74) is 3.01. The lowest BCUT2D eigenvalue weighted by molar-refractivity contribution is -0.123. The molecule has 0 bridgehead atoms. The maximum absolute atomic E-state index is 13.2. The molecule has 1 saturated heterocycles.